The van der Waals surface area contributed by atoms with Crippen molar-refractivity contribution < 1.29 is 9.84 Å². The predicted octanol–water partition coefficient (Wildman–Crippen LogP) is 2.08. The monoisotopic (exact) mass is 352 g/mol. The fourth-order valence-electron chi connectivity index (χ4n) is 1.52. The van der Waals surface area contributed by atoms with E-state index in [1.807, 2.05) is 6.92 Å². The highest BCUT2D eigenvalue weighted by Gasteiger charge is 2.03. The van der Waals surface area contributed by atoms with Gasteiger partial charge in [-0.1, -0.05) is 0 Å². The number of aromatic nitrogens is 2. The Morgan fingerprint density at radius 3 is 3.14 bits per heavy atom. The third kappa shape index (κ3) is 3.82. The van der Waals surface area contributed by atoms with Crippen LogP contribution in [-0.2, 0) is 0 Å². The number of phenolic OH excluding ortho intramolecular Hbond substituents is 1. The molecule has 0 atom stereocenters. The summed E-state index contributed by atoms with van der Waals surface area (Å²) in [7, 11) is 0. The van der Waals surface area contributed by atoms with Gasteiger partial charge in [-0.2, -0.15) is 10.2 Å². The lowest BCUT2D eigenvalue weighted by Crippen LogP contribution is -2.10. The molecule has 2 rings (SSSR count). The number of phenols is 1. The molecule has 0 aliphatic heterocycles. The van der Waals surface area contributed by atoms with E-state index in [4.69, 9.17) is 4.74 Å². The minimum absolute atomic E-state index is 0.0727. The number of aromatic hydroxyl groups is 1. The third-order valence-electron chi connectivity index (χ3n) is 2.48. The Morgan fingerprint density at radius 2 is 2.38 bits per heavy atom. The summed E-state index contributed by atoms with van der Waals surface area (Å²) in [5.74, 6) is 0.462. The van der Waals surface area contributed by atoms with Crippen molar-refractivity contribution in [1.82, 2.24) is 10.2 Å². The summed E-state index contributed by atoms with van der Waals surface area (Å²) in [5, 5.41) is 19.6. The minimum Gasteiger partial charge on any atom is -0.504 e. The van der Waals surface area contributed by atoms with E-state index in [0.29, 0.717) is 22.5 Å². The van der Waals surface area contributed by atoms with Crippen LogP contribution >= 0.6 is 15.9 Å². The highest BCUT2D eigenvalue weighted by atomic mass is 79.9. The van der Waals surface area contributed by atoms with Gasteiger partial charge in [0.15, 0.2) is 11.5 Å². The average Bonchev–Trinajstić information content (AvgIpc) is 2.47. The van der Waals surface area contributed by atoms with Gasteiger partial charge in [-0.05, 0) is 46.6 Å². The first-order valence-electron chi connectivity index (χ1n) is 6.10. The maximum atomic E-state index is 11.3. The van der Waals surface area contributed by atoms with Gasteiger partial charge in [0.05, 0.1) is 24.7 Å². The number of nitrogens with one attached hydrogen (secondary N) is 2. The number of ether oxygens (including phenoxy) is 1. The first-order chi connectivity index (χ1) is 10.1. The number of benzene rings is 1. The molecule has 7 nitrogen and oxygen atoms in total. The van der Waals surface area contributed by atoms with Crippen molar-refractivity contribution in [3.63, 3.8) is 0 Å². The fourth-order valence-corrected chi connectivity index (χ4v) is 1.80. The molecule has 0 saturated heterocycles. The van der Waals surface area contributed by atoms with Crippen LogP contribution in [0.25, 0.3) is 0 Å². The molecule has 110 valence electrons. The minimum atomic E-state index is -0.349. The van der Waals surface area contributed by atoms with Crippen LogP contribution < -0.4 is 15.7 Å². The van der Waals surface area contributed by atoms with Gasteiger partial charge in [0.1, 0.15) is 4.47 Å². The molecule has 0 bridgehead atoms. The molecule has 0 amide bonds. The summed E-state index contributed by atoms with van der Waals surface area (Å²) in [6.07, 6.45) is 2.97. The molecule has 3 N–H and O–H groups in total. The largest absolute Gasteiger partial charge is 0.504 e. The highest BCUT2D eigenvalue weighted by Crippen LogP contribution is 2.26. The molecule has 0 spiro atoms. The van der Waals surface area contributed by atoms with E-state index in [2.05, 4.69) is 36.7 Å². The van der Waals surface area contributed by atoms with Gasteiger partial charge in [0, 0.05) is 0 Å². The molecule has 21 heavy (non-hydrogen) atoms. The Balaban J connectivity index is 2.13. The number of H-pyrrole nitrogens is 1. The van der Waals surface area contributed by atoms with E-state index < -0.39 is 0 Å². The van der Waals surface area contributed by atoms with Crippen molar-refractivity contribution in [3.05, 3.63) is 44.8 Å². The van der Waals surface area contributed by atoms with Gasteiger partial charge in [0.25, 0.3) is 5.56 Å². The van der Waals surface area contributed by atoms with Crippen LogP contribution in [0.5, 0.6) is 11.5 Å². The van der Waals surface area contributed by atoms with E-state index in [0.717, 1.165) is 5.56 Å². The molecule has 0 radical (unpaired) electrons. The van der Waals surface area contributed by atoms with Crippen LogP contribution in [0, 0.1) is 0 Å². The van der Waals surface area contributed by atoms with E-state index in [1.54, 1.807) is 12.1 Å². The second-order valence-electron chi connectivity index (χ2n) is 3.96. The Kier molecular flexibility index (Phi) is 4.94. The lowest BCUT2D eigenvalue weighted by molar-refractivity contribution is 0.318. The zero-order valence-corrected chi connectivity index (χ0v) is 12.7. The molecular formula is C13H13BrN4O3. The van der Waals surface area contributed by atoms with Gasteiger partial charge in [-0.3, -0.25) is 10.2 Å². The molecule has 0 saturated carbocycles. The highest BCUT2D eigenvalue weighted by molar-refractivity contribution is 9.10. The molecule has 0 fully saturated rings. The zero-order chi connectivity index (χ0) is 15.2. The summed E-state index contributed by atoms with van der Waals surface area (Å²) in [5.41, 5.74) is 3.53. The van der Waals surface area contributed by atoms with Crippen molar-refractivity contribution in [1.29, 1.82) is 0 Å². The molecule has 1 heterocycles. The quantitative estimate of drug-likeness (QED) is 0.565. The SMILES string of the molecule is CCOc1cc(/C=N\Nc2cn[nH]c(=O)c2Br)ccc1O. The fraction of sp³-hybridized carbons (Fsp3) is 0.154. The Bertz CT molecular complexity index is 715. The van der Waals surface area contributed by atoms with Crippen molar-refractivity contribution >= 4 is 27.8 Å². The van der Waals surface area contributed by atoms with Crippen LogP contribution in [-0.4, -0.2) is 28.1 Å². The Hall–Kier alpha value is -2.35. The maximum absolute atomic E-state index is 11.3. The van der Waals surface area contributed by atoms with Gasteiger partial charge in [-0.15, -0.1) is 0 Å². The summed E-state index contributed by atoms with van der Waals surface area (Å²) >= 11 is 3.14. The number of halogens is 1. The lowest BCUT2D eigenvalue weighted by atomic mass is 10.2. The number of anilines is 1. The van der Waals surface area contributed by atoms with Crippen LogP contribution in [0.1, 0.15) is 12.5 Å². The predicted molar refractivity (Wildman–Crippen MR) is 83.1 cm³/mol. The van der Waals surface area contributed by atoms with Gasteiger partial charge >= 0.3 is 0 Å². The average molecular weight is 353 g/mol. The molecule has 0 aliphatic carbocycles. The van der Waals surface area contributed by atoms with E-state index in [1.165, 1.54) is 18.5 Å². The summed E-state index contributed by atoms with van der Waals surface area (Å²) in [4.78, 5) is 11.3. The van der Waals surface area contributed by atoms with Crippen molar-refractivity contribution in [3.8, 4) is 11.5 Å². The lowest BCUT2D eigenvalue weighted by Gasteiger charge is -2.06. The second-order valence-corrected chi connectivity index (χ2v) is 4.75. The molecule has 0 aliphatic rings. The van der Waals surface area contributed by atoms with E-state index in [9.17, 15) is 9.90 Å². The van der Waals surface area contributed by atoms with E-state index in [-0.39, 0.29) is 11.3 Å². The topological polar surface area (TPSA) is 99.6 Å². The maximum Gasteiger partial charge on any atom is 0.280 e. The Labute approximate surface area is 128 Å². The summed E-state index contributed by atoms with van der Waals surface area (Å²) < 4.78 is 5.60. The van der Waals surface area contributed by atoms with Crippen LogP contribution in [0.15, 0.2) is 38.8 Å². The molecule has 0 unspecified atom stereocenters. The first-order valence-corrected chi connectivity index (χ1v) is 6.89. The van der Waals surface area contributed by atoms with Crippen molar-refractivity contribution in [2.24, 2.45) is 5.10 Å². The van der Waals surface area contributed by atoms with Crippen LogP contribution in [0.2, 0.25) is 0 Å². The molecule has 1 aromatic heterocycles. The smallest absolute Gasteiger partial charge is 0.280 e. The molecule has 8 heteroatoms. The number of hydrogen-bond donors (Lipinski definition) is 3. The number of hydrazone groups is 1. The second kappa shape index (κ2) is 6.89. The molecule has 1 aromatic carbocycles. The first kappa shape index (κ1) is 15.0. The van der Waals surface area contributed by atoms with Crippen molar-refractivity contribution in [2.75, 3.05) is 12.0 Å². The van der Waals surface area contributed by atoms with Gasteiger partial charge in [-0.25, -0.2) is 5.10 Å². The standard InChI is InChI=1S/C13H13BrN4O3/c1-2-21-11-5-8(3-4-10(11)19)6-15-17-9-7-16-18-13(20)12(9)14/h3-7,19H,2H2,1H3,(H2,17,18,20)/b15-6-. The number of hydrogen-bond acceptors (Lipinski definition) is 6. The summed E-state index contributed by atoms with van der Waals surface area (Å²) in [6, 6.07) is 4.88. The number of rotatable bonds is 5. The normalized spacial score (nSPS) is 10.8. The summed E-state index contributed by atoms with van der Waals surface area (Å²) in [6.45, 7) is 2.29. The molecule has 2 aromatic rings. The van der Waals surface area contributed by atoms with E-state index >= 15 is 0 Å². The van der Waals surface area contributed by atoms with Crippen molar-refractivity contribution in [2.45, 2.75) is 6.92 Å². The number of nitrogens with zero attached hydrogens (tertiary/aromatic N) is 2. The third-order valence-corrected chi connectivity index (χ3v) is 3.27. The Morgan fingerprint density at radius 1 is 1.57 bits per heavy atom. The molecular weight excluding hydrogens is 340 g/mol. The van der Waals surface area contributed by atoms with Crippen LogP contribution in [0.4, 0.5) is 5.69 Å². The van der Waals surface area contributed by atoms with Crippen LogP contribution in [0.3, 0.4) is 0 Å². The van der Waals surface area contributed by atoms with Gasteiger partial charge < -0.3 is 9.84 Å². The number of aromatic amines is 1. The van der Waals surface area contributed by atoms with Gasteiger partial charge in [0.2, 0.25) is 0 Å². The zero-order valence-electron chi connectivity index (χ0n) is 11.1.